The summed E-state index contributed by atoms with van der Waals surface area (Å²) in [6.07, 6.45) is 0.474. The highest BCUT2D eigenvalue weighted by Crippen LogP contribution is 2.28. The predicted molar refractivity (Wildman–Crippen MR) is 135 cm³/mol. The highest BCUT2D eigenvalue weighted by molar-refractivity contribution is 7.92. The molecule has 0 aromatic heterocycles. The molecule has 0 radical (unpaired) electrons. The SMILES string of the molecule is CS(=O)(=O)Nc1cc([C@@H](O)CNCCc2ccc(S(=O)(=O)c3ccc(O)c(C(=O)O)c3)cc2)ccc1O. The van der Waals surface area contributed by atoms with Crippen molar-refractivity contribution in [1.82, 2.24) is 5.32 Å². The minimum atomic E-state index is -4.00. The summed E-state index contributed by atoms with van der Waals surface area (Å²) < 4.78 is 50.7. The van der Waals surface area contributed by atoms with E-state index in [9.17, 15) is 36.9 Å². The van der Waals surface area contributed by atoms with Crippen molar-refractivity contribution in [2.24, 2.45) is 0 Å². The van der Waals surface area contributed by atoms with Crippen LogP contribution in [0, 0.1) is 0 Å². The molecule has 0 spiro atoms. The van der Waals surface area contributed by atoms with Crippen molar-refractivity contribution in [2.75, 3.05) is 24.1 Å². The molecule has 0 aliphatic rings. The van der Waals surface area contributed by atoms with Gasteiger partial charge in [-0.25, -0.2) is 21.6 Å². The van der Waals surface area contributed by atoms with Gasteiger partial charge in [-0.2, -0.15) is 0 Å². The molecule has 0 saturated carbocycles. The Morgan fingerprint density at radius 3 is 2.14 bits per heavy atom. The number of nitrogens with one attached hydrogen (secondary N) is 2. The van der Waals surface area contributed by atoms with E-state index in [4.69, 9.17) is 5.11 Å². The number of carboxylic acid groups (broad SMARTS) is 1. The number of sulfonamides is 1. The lowest BCUT2D eigenvalue weighted by Crippen LogP contribution is -2.24. The second-order valence-electron chi connectivity index (χ2n) is 8.25. The summed E-state index contributed by atoms with van der Waals surface area (Å²) in [5, 5.41) is 42.0. The number of carboxylic acids is 1. The second kappa shape index (κ2) is 11.2. The molecule has 3 aromatic rings. The summed E-state index contributed by atoms with van der Waals surface area (Å²) in [6.45, 7) is 0.581. The maximum Gasteiger partial charge on any atom is 0.339 e. The van der Waals surface area contributed by atoms with Crippen molar-refractivity contribution in [3.63, 3.8) is 0 Å². The Bertz CT molecular complexity index is 1500. The Hall–Kier alpha value is -3.65. The zero-order valence-electron chi connectivity index (χ0n) is 19.6. The largest absolute Gasteiger partial charge is 0.507 e. The lowest BCUT2D eigenvalue weighted by molar-refractivity contribution is 0.0693. The van der Waals surface area contributed by atoms with Gasteiger partial charge in [0.05, 0.1) is 27.8 Å². The minimum absolute atomic E-state index is 0.0347. The van der Waals surface area contributed by atoms with E-state index in [1.807, 2.05) is 0 Å². The summed E-state index contributed by atoms with van der Waals surface area (Å²) in [5.74, 6) is -2.25. The fourth-order valence-electron chi connectivity index (χ4n) is 3.46. The standard InChI is InChI=1S/C24H26N2O9S2/c1-36(32,33)26-20-12-16(4-8-22(20)28)23(29)14-25-11-10-15-2-5-17(6-3-15)37(34,35)18-7-9-21(27)19(13-18)24(30)31/h2-9,12-13,23,25-29H,10-11,14H2,1H3,(H,30,31)/t23-/m0/s1. The first-order chi connectivity index (χ1) is 17.3. The van der Waals surface area contributed by atoms with E-state index < -0.39 is 43.2 Å². The lowest BCUT2D eigenvalue weighted by Gasteiger charge is -2.15. The number of carbonyl (C=O) groups is 1. The number of phenolic OH excluding ortho intramolecular Hbond substituents is 1. The number of anilines is 1. The minimum Gasteiger partial charge on any atom is -0.507 e. The molecule has 11 nitrogen and oxygen atoms in total. The van der Waals surface area contributed by atoms with Crippen LogP contribution in [-0.4, -0.2) is 62.6 Å². The van der Waals surface area contributed by atoms with Gasteiger partial charge in [0.15, 0.2) is 0 Å². The average Bonchev–Trinajstić information content (AvgIpc) is 2.82. The van der Waals surface area contributed by atoms with E-state index in [0.29, 0.717) is 18.5 Å². The third-order valence-corrected chi connectivity index (χ3v) is 7.73. The molecule has 3 aromatic carbocycles. The monoisotopic (exact) mass is 550 g/mol. The van der Waals surface area contributed by atoms with Gasteiger partial charge in [0, 0.05) is 6.54 Å². The normalized spacial score (nSPS) is 12.7. The summed E-state index contributed by atoms with van der Waals surface area (Å²) in [4.78, 5) is 10.9. The van der Waals surface area contributed by atoms with E-state index in [-0.39, 0.29) is 27.8 Å². The molecule has 198 valence electrons. The molecule has 0 saturated heterocycles. The van der Waals surface area contributed by atoms with Crippen LogP contribution in [0.4, 0.5) is 5.69 Å². The zero-order valence-corrected chi connectivity index (χ0v) is 21.3. The summed E-state index contributed by atoms with van der Waals surface area (Å²) in [6, 6.07) is 13.2. The molecular formula is C24H26N2O9S2. The summed E-state index contributed by atoms with van der Waals surface area (Å²) in [5.41, 5.74) is 0.648. The molecule has 6 N–H and O–H groups in total. The van der Waals surface area contributed by atoms with Gasteiger partial charge < -0.3 is 25.7 Å². The first-order valence-corrected chi connectivity index (χ1v) is 14.3. The first-order valence-electron chi connectivity index (χ1n) is 10.9. The third-order valence-electron chi connectivity index (χ3n) is 5.37. The average molecular weight is 551 g/mol. The molecule has 0 aliphatic heterocycles. The molecule has 0 bridgehead atoms. The third kappa shape index (κ3) is 7.20. The van der Waals surface area contributed by atoms with E-state index in [0.717, 1.165) is 30.0 Å². The van der Waals surface area contributed by atoms with Crippen LogP contribution in [0.3, 0.4) is 0 Å². The zero-order chi connectivity index (χ0) is 27.4. The van der Waals surface area contributed by atoms with E-state index in [1.165, 1.54) is 30.3 Å². The number of aromatic hydroxyl groups is 2. The number of benzene rings is 3. The smallest absolute Gasteiger partial charge is 0.339 e. The van der Waals surface area contributed by atoms with Crippen LogP contribution in [0.5, 0.6) is 11.5 Å². The number of hydrogen-bond acceptors (Lipinski definition) is 9. The van der Waals surface area contributed by atoms with Gasteiger partial charge in [-0.05, 0) is 66.6 Å². The van der Waals surface area contributed by atoms with Gasteiger partial charge in [-0.15, -0.1) is 0 Å². The van der Waals surface area contributed by atoms with Crippen molar-refractivity contribution >= 4 is 31.5 Å². The van der Waals surface area contributed by atoms with E-state index in [2.05, 4.69) is 10.0 Å². The summed E-state index contributed by atoms with van der Waals surface area (Å²) in [7, 11) is -7.61. The topological polar surface area (TPSA) is 190 Å². The van der Waals surface area contributed by atoms with Crippen molar-refractivity contribution in [3.05, 3.63) is 77.4 Å². The molecular weight excluding hydrogens is 524 g/mol. The van der Waals surface area contributed by atoms with Crippen LogP contribution in [0.15, 0.2) is 70.5 Å². The number of aliphatic hydroxyl groups excluding tert-OH is 1. The highest BCUT2D eigenvalue weighted by Gasteiger charge is 2.21. The van der Waals surface area contributed by atoms with Crippen molar-refractivity contribution in [3.8, 4) is 11.5 Å². The molecule has 13 heteroatoms. The lowest BCUT2D eigenvalue weighted by atomic mass is 10.1. The van der Waals surface area contributed by atoms with E-state index >= 15 is 0 Å². The van der Waals surface area contributed by atoms with Crippen LogP contribution < -0.4 is 10.0 Å². The van der Waals surface area contributed by atoms with Gasteiger partial charge in [0.2, 0.25) is 19.9 Å². The number of hydrogen-bond donors (Lipinski definition) is 6. The predicted octanol–water partition coefficient (Wildman–Crippen LogP) is 1.87. The van der Waals surface area contributed by atoms with Crippen LogP contribution in [0.25, 0.3) is 0 Å². The maximum absolute atomic E-state index is 12.9. The van der Waals surface area contributed by atoms with Crippen LogP contribution in [-0.2, 0) is 26.3 Å². The van der Waals surface area contributed by atoms with Crippen molar-refractivity contribution in [2.45, 2.75) is 22.3 Å². The molecule has 0 aliphatic carbocycles. The number of sulfone groups is 1. The fourth-order valence-corrected chi connectivity index (χ4v) is 5.31. The number of phenols is 2. The Kier molecular flexibility index (Phi) is 8.43. The van der Waals surface area contributed by atoms with Gasteiger partial charge in [-0.1, -0.05) is 18.2 Å². The van der Waals surface area contributed by atoms with Gasteiger partial charge in [-0.3, -0.25) is 4.72 Å². The second-order valence-corrected chi connectivity index (χ2v) is 12.0. The van der Waals surface area contributed by atoms with Crippen molar-refractivity contribution in [1.29, 1.82) is 0 Å². The molecule has 37 heavy (non-hydrogen) atoms. The van der Waals surface area contributed by atoms with E-state index in [1.54, 1.807) is 12.1 Å². The van der Waals surface area contributed by atoms with Crippen molar-refractivity contribution < 1.29 is 42.1 Å². The number of aromatic carboxylic acids is 1. The number of rotatable bonds is 11. The Balaban J connectivity index is 1.59. The first kappa shape index (κ1) is 27.9. The fraction of sp³-hybridized carbons (Fsp3) is 0.208. The Labute approximate surface area is 214 Å². The highest BCUT2D eigenvalue weighted by atomic mass is 32.2. The Morgan fingerprint density at radius 1 is 0.892 bits per heavy atom. The van der Waals surface area contributed by atoms with Crippen LogP contribution in [0.1, 0.15) is 27.6 Å². The molecule has 1 atom stereocenters. The molecule has 3 rings (SSSR count). The molecule has 0 unspecified atom stereocenters. The molecule has 0 amide bonds. The van der Waals surface area contributed by atoms with Gasteiger partial charge in [0.25, 0.3) is 0 Å². The molecule has 0 fully saturated rings. The number of aliphatic hydroxyl groups is 1. The van der Waals surface area contributed by atoms with Gasteiger partial charge >= 0.3 is 5.97 Å². The molecule has 0 heterocycles. The summed E-state index contributed by atoms with van der Waals surface area (Å²) >= 11 is 0. The quantitative estimate of drug-likeness (QED) is 0.152. The maximum atomic E-state index is 12.9. The Morgan fingerprint density at radius 2 is 1.51 bits per heavy atom. The van der Waals surface area contributed by atoms with Crippen LogP contribution in [0.2, 0.25) is 0 Å². The van der Waals surface area contributed by atoms with Gasteiger partial charge in [0.1, 0.15) is 17.1 Å². The van der Waals surface area contributed by atoms with Crippen LogP contribution >= 0.6 is 0 Å².